The number of rotatable bonds is 7. The Balaban J connectivity index is 2.39. The van der Waals surface area contributed by atoms with Crippen molar-refractivity contribution in [1.29, 1.82) is 0 Å². The Morgan fingerprint density at radius 2 is 1.94 bits per heavy atom. The standard InChI is InChI=1S/C15H24FNO/c1-12(2)9-17-10-15(3,4)11-18-14-8-6-5-7-13(14)16/h5-8,12,17H,9-11H2,1-4H3. The number of para-hydroxylation sites is 1. The molecule has 0 radical (unpaired) electrons. The van der Waals surface area contributed by atoms with Crippen molar-refractivity contribution < 1.29 is 9.13 Å². The molecule has 18 heavy (non-hydrogen) atoms. The zero-order chi connectivity index (χ0) is 13.6. The van der Waals surface area contributed by atoms with E-state index in [2.05, 4.69) is 33.0 Å². The number of nitrogens with one attached hydrogen (secondary N) is 1. The second-order valence-electron chi connectivity index (χ2n) is 5.91. The third kappa shape index (κ3) is 5.50. The summed E-state index contributed by atoms with van der Waals surface area (Å²) in [5.74, 6) is 0.658. The molecule has 102 valence electrons. The van der Waals surface area contributed by atoms with Crippen LogP contribution >= 0.6 is 0 Å². The molecule has 0 saturated carbocycles. The van der Waals surface area contributed by atoms with Gasteiger partial charge in [-0.3, -0.25) is 0 Å². The molecule has 1 rings (SSSR count). The second-order valence-corrected chi connectivity index (χ2v) is 5.91. The fourth-order valence-corrected chi connectivity index (χ4v) is 1.59. The topological polar surface area (TPSA) is 21.3 Å². The van der Waals surface area contributed by atoms with Crippen LogP contribution in [0, 0.1) is 17.2 Å². The van der Waals surface area contributed by atoms with Crippen LogP contribution in [-0.2, 0) is 0 Å². The zero-order valence-electron chi connectivity index (χ0n) is 11.8. The Hall–Kier alpha value is -1.09. The molecular formula is C15H24FNO. The van der Waals surface area contributed by atoms with Gasteiger partial charge in [-0.15, -0.1) is 0 Å². The summed E-state index contributed by atoms with van der Waals surface area (Å²) < 4.78 is 18.9. The molecule has 0 aromatic heterocycles. The summed E-state index contributed by atoms with van der Waals surface area (Å²) >= 11 is 0. The van der Waals surface area contributed by atoms with Gasteiger partial charge in [0.15, 0.2) is 11.6 Å². The molecule has 0 aliphatic rings. The van der Waals surface area contributed by atoms with Crippen LogP contribution in [0.4, 0.5) is 4.39 Å². The lowest BCUT2D eigenvalue weighted by Crippen LogP contribution is -2.36. The van der Waals surface area contributed by atoms with E-state index < -0.39 is 0 Å². The molecule has 0 aliphatic heterocycles. The lowest BCUT2D eigenvalue weighted by molar-refractivity contribution is 0.170. The Bertz CT molecular complexity index is 363. The zero-order valence-corrected chi connectivity index (χ0v) is 11.8. The molecule has 2 nitrogen and oxygen atoms in total. The van der Waals surface area contributed by atoms with Gasteiger partial charge < -0.3 is 10.1 Å². The number of benzene rings is 1. The Labute approximate surface area is 110 Å². The van der Waals surface area contributed by atoms with Gasteiger partial charge in [0, 0.05) is 12.0 Å². The van der Waals surface area contributed by atoms with E-state index in [1.807, 2.05) is 0 Å². The van der Waals surface area contributed by atoms with Crippen molar-refractivity contribution in [3.8, 4) is 5.75 Å². The first-order valence-corrected chi connectivity index (χ1v) is 6.49. The van der Waals surface area contributed by atoms with Crippen LogP contribution in [0.3, 0.4) is 0 Å². The lowest BCUT2D eigenvalue weighted by atomic mass is 9.94. The van der Waals surface area contributed by atoms with Gasteiger partial charge in [-0.2, -0.15) is 0 Å². The summed E-state index contributed by atoms with van der Waals surface area (Å²) in [7, 11) is 0. The van der Waals surface area contributed by atoms with E-state index in [0.717, 1.165) is 13.1 Å². The van der Waals surface area contributed by atoms with Gasteiger partial charge >= 0.3 is 0 Å². The molecule has 3 heteroatoms. The quantitative estimate of drug-likeness (QED) is 0.803. The molecule has 0 atom stereocenters. The van der Waals surface area contributed by atoms with Crippen molar-refractivity contribution in [3.63, 3.8) is 0 Å². The van der Waals surface area contributed by atoms with E-state index >= 15 is 0 Å². The number of halogens is 1. The van der Waals surface area contributed by atoms with Crippen LogP contribution in [-0.4, -0.2) is 19.7 Å². The predicted molar refractivity (Wildman–Crippen MR) is 73.4 cm³/mol. The van der Waals surface area contributed by atoms with Crippen LogP contribution in [0.15, 0.2) is 24.3 Å². The molecule has 1 aromatic rings. The summed E-state index contributed by atoms with van der Waals surface area (Å²) in [6.07, 6.45) is 0. The molecule has 0 amide bonds. The van der Waals surface area contributed by atoms with Gasteiger partial charge in [0.25, 0.3) is 0 Å². The highest BCUT2D eigenvalue weighted by Crippen LogP contribution is 2.20. The van der Waals surface area contributed by atoms with E-state index in [9.17, 15) is 4.39 Å². The highest BCUT2D eigenvalue weighted by molar-refractivity contribution is 5.23. The van der Waals surface area contributed by atoms with E-state index in [0.29, 0.717) is 18.3 Å². The minimum absolute atomic E-state index is 0.0167. The van der Waals surface area contributed by atoms with Gasteiger partial charge in [0.2, 0.25) is 0 Å². The summed E-state index contributed by atoms with van der Waals surface area (Å²) in [5, 5.41) is 3.40. The van der Waals surface area contributed by atoms with E-state index in [-0.39, 0.29) is 11.2 Å². The fourth-order valence-electron chi connectivity index (χ4n) is 1.59. The molecule has 0 heterocycles. The normalized spacial score (nSPS) is 11.9. The van der Waals surface area contributed by atoms with Gasteiger partial charge in [0.1, 0.15) is 0 Å². The fraction of sp³-hybridized carbons (Fsp3) is 0.600. The Morgan fingerprint density at radius 1 is 1.28 bits per heavy atom. The average Bonchev–Trinajstić information content (AvgIpc) is 2.27. The smallest absolute Gasteiger partial charge is 0.165 e. The molecule has 0 aliphatic carbocycles. The monoisotopic (exact) mass is 253 g/mol. The van der Waals surface area contributed by atoms with Gasteiger partial charge in [0.05, 0.1) is 6.61 Å². The predicted octanol–water partition coefficient (Wildman–Crippen LogP) is 3.48. The first-order valence-electron chi connectivity index (χ1n) is 6.49. The largest absolute Gasteiger partial charge is 0.490 e. The molecule has 0 bridgehead atoms. The third-order valence-corrected chi connectivity index (χ3v) is 2.61. The molecule has 1 N–H and O–H groups in total. The number of hydrogen-bond donors (Lipinski definition) is 1. The first-order chi connectivity index (χ1) is 8.41. The van der Waals surface area contributed by atoms with Crippen molar-refractivity contribution in [2.24, 2.45) is 11.3 Å². The minimum atomic E-state index is -0.302. The highest BCUT2D eigenvalue weighted by atomic mass is 19.1. The van der Waals surface area contributed by atoms with E-state index in [4.69, 9.17) is 4.74 Å². The Kier molecular flexibility index (Phi) is 5.60. The molecule has 0 spiro atoms. The summed E-state index contributed by atoms with van der Waals surface area (Å²) in [4.78, 5) is 0. The van der Waals surface area contributed by atoms with Crippen molar-refractivity contribution in [2.45, 2.75) is 27.7 Å². The Morgan fingerprint density at radius 3 is 2.56 bits per heavy atom. The molecule has 1 aromatic carbocycles. The van der Waals surface area contributed by atoms with Crippen LogP contribution in [0.1, 0.15) is 27.7 Å². The van der Waals surface area contributed by atoms with Gasteiger partial charge in [-0.05, 0) is 24.6 Å². The summed E-state index contributed by atoms with van der Waals surface area (Å²) in [5.41, 5.74) is -0.0167. The summed E-state index contributed by atoms with van der Waals surface area (Å²) in [6, 6.07) is 6.52. The number of ether oxygens (including phenoxy) is 1. The molecular weight excluding hydrogens is 229 g/mol. The van der Waals surface area contributed by atoms with Crippen molar-refractivity contribution in [3.05, 3.63) is 30.1 Å². The maximum atomic E-state index is 13.4. The van der Waals surface area contributed by atoms with Crippen LogP contribution in [0.5, 0.6) is 5.75 Å². The van der Waals surface area contributed by atoms with E-state index in [1.165, 1.54) is 6.07 Å². The molecule has 0 unspecified atom stereocenters. The average molecular weight is 253 g/mol. The van der Waals surface area contributed by atoms with Crippen LogP contribution in [0.2, 0.25) is 0 Å². The maximum absolute atomic E-state index is 13.4. The van der Waals surface area contributed by atoms with Gasteiger partial charge in [-0.25, -0.2) is 4.39 Å². The second kappa shape index (κ2) is 6.74. The first kappa shape index (κ1) is 15.0. The van der Waals surface area contributed by atoms with Crippen molar-refractivity contribution >= 4 is 0 Å². The van der Waals surface area contributed by atoms with Gasteiger partial charge in [-0.1, -0.05) is 39.8 Å². The highest BCUT2D eigenvalue weighted by Gasteiger charge is 2.19. The van der Waals surface area contributed by atoms with Crippen molar-refractivity contribution in [2.75, 3.05) is 19.7 Å². The van der Waals surface area contributed by atoms with Crippen molar-refractivity contribution in [1.82, 2.24) is 5.32 Å². The van der Waals surface area contributed by atoms with E-state index in [1.54, 1.807) is 18.2 Å². The SMILES string of the molecule is CC(C)CNCC(C)(C)COc1ccccc1F. The molecule has 0 fully saturated rings. The molecule has 0 saturated heterocycles. The third-order valence-electron chi connectivity index (χ3n) is 2.61. The lowest BCUT2D eigenvalue weighted by Gasteiger charge is -2.25. The summed E-state index contributed by atoms with van der Waals surface area (Å²) in [6.45, 7) is 10.9. The van der Waals surface area contributed by atoms with Crippen LogP contribution < -0.4 is 10.1 Å². The van der Waals surface area contributed by atoms with Crippen LogP contribution in [0.25, 0.3) is 0 Å². The number of hydrogen-bond acceptors (Lipinski definition) is 2. The maximum Gasteiger partial charge on any atom is 0.165 e. The minimum Gasteiger partial charge on any atom is -0.490 e.